The third kappa shape index (κ3) is 4.05. The molecule has 0 aliphatic heterocycles. The molecule has 82 valence electrons. The Morgan fingerprint density at radius 3 is 2.93 bits per heavy atom. The molecule has 15 heavy (non-hydrogen) atoms. The molecular weight excluding hydrogens is 218 g/mol. The summed E-state index contributed by atoms with van der Waals surface area (Å²) in [5, 5.41) is 11.0. The Morgan fingerprint density at radius 2 is 2.40 bits per heavy atom. The lowest BCUT2D eigenvalue weighted by Crippen LogP contribution is -2.41. The van der Waals surface area contributed by atoms with Crippen molar-refractivity contribution in [2.45, 2.75) is 19.0 Å². The third-order valence-corrected chi connectivity index (χ3v) is 2.43. The molecule has 1 unspecified atom stereocenters. The van der Waals surface area contributed by atoms with Gasteiger partial charge in [-0.2, -0.15) is 0 Å². The van der Waals surface area contributed by atoms with Crippen molar-refractivity contribution in [1.29, 1.82) is 0 Å². The highest BCUT2D eigenvalue weighted by atomic mass is 32.1. The van der Waals surface area contributed by atoms with Gasteiger partial charge in [-0.15, -0.1) is 11.3 Å². The van der Waals surface area contributed by atoms with Crippen LogP contribution in [0.1, 0.15) is 11.3 Å². The molecule has 7 heteroatoms. The van der Waals surface area contributed by atoms with Crippen molar-refractivity contribution in [3.05, 3.63) is 16.6 Å². The number of carboxylic acid groups (broad SMARTS) is 1. The van der Waals surface area contributed by atoms with Crippen LogP contribution in [0.15, 0.2) is 11.7 Å². The monoisotopic (exact) mass is 229 g/mol. The predicted molar refractivity (Wildman–Crippen MR) is 54.2 cm³/mol. The molecule has 0 bridgehead atoms. The van der Waals surface area contributed by atoms with Crippen LogP contribution in [0.5, 0.6) is 0 Å². The van der Waals surface area contributed by atoms with Gasteiger partial charge in [-0.1, -0.05) is 0 Å². The first-order valence-corrected chi connectivity index (χ1v) is 5.10. The number of carbonyl (C=O) groups is 2. The molecule has 6 nitrogen and oxygen atoms in total. The van der Waals surface area contributed by atoms with Crippen molar-refractivity contribution in [1.82, 2.24) is 10.3 Å². The number of thiazole rings is 1. The first-order valence-electron chi connectivity index (χ1n) is 4.22. The second kappa shape index (κ2) is 5.42. The summed E-state index contributed by atoms with van der Waals surface area (Å²) >= 11 is 1.41. The molecule has 1 amide bonds. The first kappa shape index (κ1) is 11.6. The smallest absolute Gasteiger partial charge is 0.305 e. The first-order chi connectivity index (χ1) is 7.09. The van der Waals surface area contributed by atoms with Crippen LogP contribution in [0, 0.1) is 0 Å². The van der Waals surface area contributed by atoms with Gasteiger partial charge in [0.25, 0.3) is 0 Å². The fourth-order valence-corrected chi connectivity index (χ4v) is 1.45. The number of nitrogens with zero attached hydrogens (tertiary/aromatic N) is 1. The standard InChI is InChI=1S/C8H11N3O3S/c9-6(1-7(12)13)8(14)11-3-5-2-10-4-15-5/h2,4,6H,1,3,9H2,(H,11,14)(H,12,13). The van der Waals surface area contributed by atoms with Crippen molar-refractivity contribution < 1.29 is 14.7 Å². The highest BCUT2D eigenvalue weighted by Gasteiger charge is 2.16. The van der Waals surface area contributed by atoms with E-state index in [1.165, 1.54) is 11.3 Å². The molecule has 4 N–H and O–H groups in total. The largest absolute Gasteiger partial charge is 0.481 e. The Balaban J connectivity index is 2.32. The fraction of sp³-hybridized carbons (Fsp3) is 0.375. The second-order valence-electron chi connectivity index (χ2n) is 2.89. The van der Waals surface area contributed by atoms with Gasteiger partial charge in [-0.25, -0.2) is 0 Å². The van der Waals surface area contributed by atoms with E-state index in [-0.39, 0.29) is 6.42 Å². The summed E-state index contributed by atoms with van der Waals surface area (Å²) in [6.07, 6.45) is 1.27. The van der Waals surface area contributed by atoms with E-state index in [1.807, 2.05) is 0 Å². The lowest BCUT2D eigenvalue weighted by Gasteiger charge is -2.08. The third-order valence-electron chi connectivity index (χ3n) is 1.65. The van der Waals surface area contributed by atoms with Gasteiger partial charge >= 0.3 is 5.97 Å². The van der Waals surface area contributed by atoms with Crippen molar-refractivity contribution in [2.75, 3.05) is 0 Å². The van der Waals surface area contributed by atoms with Crippen LogP contribution in [0.2, 0.25) is 0 Å². The lowest BCUT2D eigenvalue weighted by molar-refractivity contribution is -0.139. The highest BCUT2D eigenvalue weighted by molar-refractivity contribution is 7.09. The minimum Gasteiger partial charge on any atom is -0.481 e. The highest BCUT2D eigenvalue weighted by Crippen LogP contribution is 2.04. The Bertz CT molecular complexity index is 339. The molecule has 0 aliphatic carbocycles. The second-order valence-corrected chi connectivity index (χ2v) is 3.86. The Hall–Kier alpha value is -1.47. The molecule has 1 aromatic rings. The number of carbonyl (C=O) groups excluding carboxylic acids is 1. The molecule has 0 radical (unpaired) electrons. The van der Waals surface area contributed by atoms with E-state index in [0.717, 1.165) is 4.88 Å². The zero-order valence-electron chi connectivity index (χ0n) is 7.84. The summed E-state index contributed by atoms with van der Waals surface area (Å²) in [6.45, 7) is 0.330. The number of amides is 1. The van der Waals surface area contributed by atoms with E-state index in [4.69, 9.17) is 10.8 Å². The van der Waals surface area contributed by atoms with Gasteiger partial charge in [0, 0.05) is 11.1 Å². The zero-order chi connectivity index (χ0) is 11.3. The molecule has 0 aliphatic rings. The Labute approximate surface area is 90.1 Å². The predicted octanol–water partition coefficient (Wildman–Crippen LogP) is -0.439. The number of nitrogens with two attached hydrogens (primary N) is 1. The number of hydrogen-bond donors (Lipinski definition) is 3. The SMILES string of the molecule is NC(CC(=O)O)C(=O)NCc1cncs1. The summed E-state index contributed by atoms with van der Waals surface area (Å²) in [7, 11) is 0. The number of aromatic nitrogens is 1. The van der Waals surface area contributed by atoms with Crippen LogP contribution in [0.25, 0.3) is 0 Å². The molecule has 0 fully saturated rings. The average Bonchev–Trinajstić information content (AvgIpc) is 2.65. The fourth-order valence-electron chi connectivity index (χ4n) is 0.916. The molecule has 0 saturated carbocycles. The van der Waals surface area contributed by atoms with E-state index in [0.29, 0.717) is 6.54 Å². The maximum Gasteiger partial charge on any atom is 0.305 e. The van der Waals surface area contributed by atoms with E-state index in [9.17, 15) is 9.59 Å². The molecule has 0 spiro atoms. The van der Waals surface area contributed by atoms with Crippen LogP contribution in [0.3, 0.4) is 0 Å². The minimum absolute atomic E-state index is 0.330. The van der Waals surface area contributed by atoms with Gasteiger partial charge < -0.3 is 16.2 Å². The number of aliphatic carboxylic acids is 1. The van der Waals surface area contributed by atoms with E-state index in [1.54, 1.807) is 11.7 Å². The number of hydrogen-bond acceptors (Lipinski definition) is 5. The van der Waals surface area contributed by atoms with Crippen molar-refractivity contribution >= 4 is 23.2 Å². The Kier molecular flexibility index (Phi) is 4.19. The number of rotatable bonds is 5. The van der Waals surface area contributed by atoms with Crippen LogP contribution < -0.4 is 11.1 Å². The van der Waals surface area contributed by atoms with E-state index < -0.39 is 17.9 Å². The van der Waals surface area contributed by atoms with Crippen molar-refractivity contribution in [3.8, 4) is 0 Å². The number of carboxylic acids is 1. The summed E-state index contributed by atoms with van der Waals surface area (Å²) in [5.74, 6) is -1.55. The lowest BCUT2D eigenvalue weighted by atomic mass is 10.2. The maximum absolute atomic E-state index is 11.3. The van der Waals surface area contributed by atoms with Crippen molar-refractivity contribution in [2.24, 2.45) is 5.73 Å². The van der Waals surface area contributed by atoms with Gasteiger partial charge in [-0.3, -0.25) is 14.6 Å². The topological polar surface area (TPSA) is 105 Å². The average molecular weight is 229 g/mol. The van der Waals surface area contributed by atoms with Crippen LogP contribution in [-0.4, -0.2) is 28.0 Å². The van der Waals surface area contributed by atoms with Crippen LogP contribution in [-0.2, 0) is 16.1 Å². The zero-order valence-corrected chi connectivity index (χ0v) is 8.66. The molecule has 1 rings (SSSR count). The molecule has 1 atom stereocenters. The maximum atomic E-state index is 11.3. The van der Waals surface area contributed by atoms with Crippen LogP contribution >= 0.6 is 11.3 Å². The normalized spacial score (nSPS) is 12.1. The van der Waals surface area contributed by atoms with Gasteiger partial charge in [0.1, 0.15) is 0 Å². The van der Waals surface area contributed by atoms with Crippen molar-refractivity contribution in [3.63, 3.8) is 0 Å². The molecule has 0 aromatic carbocycles. The van der Waals surface area contributed by atoms with Gasteiger partial charge in [0.05, 0.1) is 24.5 Å². The van der Waals surface area contributed by atoms with Crippen LogP contribution in [0.4, 0.5) is 0 Å². The minimum atomic E-state index is -1.09. The molecule has 1 aromatic heterocycles. The van der Waals surface area contributed by atoms with Gasteiger partial charge in [-0.05, 0) is 0 Å². The van der Waals surface area contributed by atoms with Gasteiger partial charge in [0.2, 0.25) is 5.91 Å². The summed E-state index contributed by atoms with van der Waals surface area (Å²) < 4.78 is 0. The van der Waals surface area contributed by atoms with Gasteiger partial charge in [0.15, 0.2) is 0 Å². The summed E-state index contributed by atoms with van der Waals surface area (Å²) in [6, 6.07) is -1.00. The van der Waals surface area contributed by atoms with E-state index in [2.05, 4.69) is 10.3 Å². The quantitative estimate of drug-likeness (QED) is 0.635. The number of nitrogens with one attached hydrogen (secondary N) is 1. The molecule has 0 saturated heterocycles. The summed E-state index contributed by atoms with van der Waals surface area (Å²) in [5.41, 5.74) is 7.00. The summed E-state index contributed by atoms with van der Waals surface area (Å²) in [4.78, 5) is 26.3. The van der Waals surface area contributed by atoms with E-state index >= 15 is 0 Å². The Morgan fingerprint density at radius 1 is 1.67 bits per heavy atom. The molecule has 1 heterocycles. The molecular formula is C8H11N3O3S.